The fourth-order valence-electron chi connectivity index (χ4n) is 3.62. The molecule has 0 saturated carbocycles. The first kappa shape index (κ1) is 26.5. The van der Waals surface area contributed by atoms with Crippen molar-refractivity contribution in [2.45, 2.75) is 12.5 Å². The van der Waals surface area contributed by atoms with Crippen LogP contribution in [0, 0.1) is 0 Å². The monoisotopic (exact) mass is 574 g/mol. The number of methoxy groups -OCH3 is 2. The molecule has 2 aromatic carbocycles. The number of aliphatic imine (C=N–C) groups is 1. The van der Waals surface area contributed by atoms with E-state index in [-0.39, 0.29) is 30.0 Å². The summed E-state index contributed by atoms with van der Waals surface area (Å²) in [4.78, 5) is 7.00. The molecule has 3 N–H and O–H groups in total. The smallest absolute Gasteiger partial charge is 0.188 e. The van der Waals surface area contributed by atoms with Crippen LogP contribution in [0.25, 0.3) is 0 Å². The molecule has 9 heteroatoms. The first-order valence-corrected chi connectivity index (χ1v) is 10.8. The van der Waals surface area contributed by atoms with E-state index in [1.807, 2.05) is 30.3 Å². The second kappa shape index (κ2) is 13.7. The van der Waals surface area contributed by atoms with Crippen LogP contribution >= 0.6 is 35.6 Å². The number of nitrogens with two attached hydrogens (primary N) is 1. The molecule has 0 spiro atoms. The van der Waals surface area contributed by atoms with Crippen molar-refractivity contribution in [2.75, 3.05) is 53.6 Å². The predicted octanol–water partition coefficient (Wildman–Crippen LogP) is 3.50. The van der Waals surface area contributed by atoms with Crippen LogP contribution in [0.5, 0.6) is 11.5 Å². The summed E-state index contributed by atoms with van der Waals surface area (Å²) >= 11 is 6.07. The van der Waals surface area contributed by atoms with Crippen molar-refractivity contribution in [3.8, 4) is 11.5 Å². The van der Waals surface area contributed by atoms with Crippen LogP contribution in [-0.2, 0) is 11.2 Å². The highest BCUT2D eigenvalue weighted by Gasteiger charge is 2.22. The Bertz CT molecular complexity index is 861. The van der Waals surface area contributed by atoms with E-state index in [1.165, 1.54) is 5.56 Å². The van der Waals surface area contributed by atoms with Crippen molar-refractivity contribution >= 4 is 41.5 Å². The molecule has 1 unspecified atom stereocenters. The van der Waals surface area contributed by atoms with E-state index >= 15 is 0 Å². The van der Waals surface area contributed by atoms with Gasteiger partial charge in [0.15, 0.2) is 17.5 Å². The van der Waals surface area contributed by atoms with Gasteiger partial charge in [-0.25, -0.2) is 0 Å². The zero-order valence-corrected chi connectivity index (χ0v) is 21.6. The van der Waals surface area contributed by atoms with Crippen molar-refractivity contribution in [1.82, 2.24) is 10.2 Å². The summed E-state index contributed by atoms with van der Waals surface area (Å²) in [7, 11) is 3.26. The molecular formula is C23H32ClIN4O3. The summed E-state index contributed by atoms with van der Waals surface area (Å²) in [6.45, 7) is 4.44. The number of hydrogen-bond donors (Lipinski definition) is 2. The lowest BCUT2D eigenvalue weighted by molar-refractivity contribution is 0.0180. The normalized spacial score (nSPS) is 15.5. The van der Waals surface area contributed by atoms with Crippen LogP contribution < -0.4 is 20.5 Å². The number of benzene rings is 2. The molecule has 1 heterocycles. The molecule has 1 fully saturated rings. The number of rotatable bonds is 9. The van der Waals surface area contributed by atoms with Crippen molar-refractivity contribution < 1.29 is 14.2 Å². The molecule has 1 aliphatic rings. The molecule has 1 aliphatic heterocycles. The molecule has 176 valence electrons. The molecule has 7 nitrogen and oxygen atoms in total. The van der Waals surface area contributed by atoms with Gasteiger partial charge >= 0.3 is 0 Å². The second-order valence-electron chi connectivity index (χ2n) is 7.31. The van der Waals surface area contributed by atoms with Gasteiger partial charge in [-0.05, 0) is 41.8 Å². The van der Waals surface area contributed by atoms with Crippen LogP contribution in [0.1, 0.15) is 17.2 Å². The molecule has 0 aromatic heterocycles. The highest BCUT2D eigenvalue weighted by molar-refractivity contribution is 14.0. The number of guanidine groups is 1. The maximum Gasteiger partial charge on any atom is 0.188 e. The predicted molar refractivity (Wildman–Crippen MR) is 140 cm³/mol. The van der Waals surface area contributed by atoms with E-state index in [9.17, 15) is 0 Å². The first-order chi connectivity index (χ1) is 15.1. The van der Waals surface area contributed by atoms with Gasteiger partial charge in [-0.2, -0.15) is 0 Å². The minimum Gasteiger partial charge on any atom is -0.493 e. The average molecular weight is 575 g/mol. The third-order valence-electron chi connectivity index (χ3n) is 5.34. The highest BCUT2D eigenvalue weighted by atomic mass is 127. The van der Waals surface area contributed by atoms with Gasteiger partial charge in [-0.1, -0.05) is 29.8 Å². The molecule has 0 bridgehead atoms. The van der Waals surface area contributed by atoms with Crippen LogP contribution in [0.15, 0.2) is 47.5 Å². The molecule has 0 aliphatic carbocycles. The van der Waals surface area contributed by atoms with Gasteiger partial charge in [0.25, 0.3) is 0 Å². The van der Waals surface area contributed by atoms with Crippen molar-refractivity contribution in [2.24, 2.45) is 10.7 Å². The number of nitrogens with zero attached hydrogens (tertiary/aromatic N) is 2. The summed E-state index contributed by atoms with van der Waals surface area (Å²) in [6.07, 6.45) is 0.792. The third kappa shape index (κ3) is 7.68. The Balaban J connectivity index is 0.00000363. The van der Waals surface area contributed by atoms with E-state index in [0.717, 1.165) is 54.8 Å². The van der Waals surface area contributed by atoms with Crippen LogP contribution in [-0.4, -0.2) is 64.5 Å². The lowest BCUT2D eigenvalue weighted by atomic mass is 10.0. The molecule has 0 radical (unpaired) electrons. The minimum absolute atomic E-state index is 0. The number of hydrogen-bond acceptors (Lipinski definition) is 5. The zero-order valence-electron chi connectivity index (χ0n) is 18.6. The second-order valence-corrected chi connectivity index (χ2v) is 7.74. The van der Waals surface area contributed by atoms with Crippen LogP contribution in [0.4, 0.5) is 0 Å². The van der Waals surface area contributed by atoms with E-state index in [1.54, 1.807) is 14.2 Å². The van der Waals surface area contributed by atoms with E-state index in [2.05, 4.69) is 27.3 Å². The first-order valence-electron chi connectivity index (χ1n) is 10.4. The molecule has 1 saturated heterocycles. The lowest BCUT2D eigenvalue weighted by Crippen LogP contribution is -2.41. The Morgan fingerprint density at radius 3 is 2.47 bits per heavy atom. The zero-order chi connectivity index (χ0) is 22.1. The van der Waals surface area contributed by atoms with E-state index in [0.29, 0.717) is 19.0 Å². The van der Waals surface area contributed by atoms with Gasteiger partial charge in [-0.3, -0.25) is 9.89 Å². The van der Waals surface area contributed by atoms with E-state index < -0.39 is 0 Å². The van der Waals surface area contributed by atoms with Gasteiger partial charge < -0.3 is 25.3 Å². The average Bonchev–Trinajstić information content (AvgIpc) is 2.81. The third-order valence-corrected chi connectivity index (χ3v) is 5.60. The van der Waals surface area contributed by atoms with Crippen molar-refractivity contribution in [1.29, 1.82) is 0 Å². The van der Waals surface area contributed by atoms with Gasteiger partial charge in [0.05, 0.1) is 40.0 Å². The SMILES string of the molecule is COc1ccc(CCNC(N)=NCC(c2ccc(Cl)cc2)N2CCOCC2)cc1OC.I. The summed E-state index contributed by atoms with van der Waals surface area (Å²) in [5.74, 6) is 1.88. The largest absolute Gasteiger partial charge is 0.493 e. The van der Waals surface area contributed by atoms with E-state index in [4.69, 9.17) is 31.5 Å². The fourth-order valence-corrected chi connectivity index (χ4v) is 3.74. The standard InChI is InChI=1S/C23H31ClN4O3.HI/c1-29-21-8-3-17(15-22(21)30-2)9-10-26-23(25)27-16-20(28-11-13-31-14-12-28)18-4-6-19(24)7-5-18;/h3-8,15,20H,9-14,16H2,1-2H3,(H3,25,26,27);1H. The maximum atomic E-state index is 6.15. The lowest BCUT2D eigenvalue weighted by Gasteiger charge is -2.34. The number of ether oxygens (including phenoxy) is 3. The summed E-state index contributed by atoms with van der Waals surface area (Å²) in [5.41, 5.74) is 8.45. The Kier molecular flexibility index (Phi) is 11.4. The molecule has 2 aromatic rings. The van der Waals surface area contributed by atoms with Gasteiger partial charge in [-0.15, -0.1) is 24.0 Å². The summed E-state index contributed by atoms with van der Waals surface area (Å²) in [6, 6.07) is 14.0. The quantitative estimate of drug-likeness (QED) is 0.271. The maximum absolute atomic E-state index is 6.15. The van der Waals surface area contributed by atoms with Crippen LogP contribution in [0.2, 0.25) is 5.02 Å². The van der Waals surface area contributed by atoms with Gasteiger partial charge in [0.1, 0.15) is 0 Å². The molecule has 0 amide bonds. The summed E-state index contributed by atoms with van der Waals surface area (Å²) in [5, 5.41) is 3.93. The van der Waals surface area contributed by atoms with Crippen molar-refractivity contribution in [3.05, 3.63) is 58.6 Å². The Labute approximate surface area is 212 Å². The Morgan fingerprint density at radius 2 is 1.81 bits per heavy atom. The summed E-state index contributed by atoms with van der Waals surface area (Å²) < 4.78 is 16.1. The number of morpholine rings is 1. The minimum atomic E-state index is 0. The number of nitrogens with one attached hydrogen (secondary N) is 1. The fraction of sp³-hybridized carbons (Fsp3) is 0.435. The van der Waals surface area contributed by atoms with Gasteiger partial charge in [0, 0.05) is 24.7 Å². The molecule has 32 heavy (non-hydrogen) atoms. The number of halogens is 2. The Hall–Kier alpha value is -1.75. The Morgan fingerprint density at radius 1 is 1.12 bits per heavy atom. The van der Waals surface area contributed by atoms with Crippen LogP contribution in [0.3, 0.4) is 0 Å². The van der Waals surface area contributed by atoms with Crippen molar-refractivity contribution in [3.63, 3.8) is 0 Å². The molecule has 3 rings (SSSR count). The highest BCUT2D eigenvalue weighted by Crippen LogP contribution is 2.27. The molecular weight excluding hydrogens is 543 g/mol. The van der Waals surface area contributed by atoms with Gasteiger partial charge in [0.2, 0.25) is 0 Å². The molecule has 1 atom stereocenters. The topological polar surface area (TPSA) is 81.3 Å².